The molecule has 1 aliphatic carbocycles. The van der Waals surface area contributed by atoms with Crippen LogP contribution in [0, 0.1) is 18.8 Å². The monoisotopic (exact) mass is 314 g/mol. The number of rotatable bonds is 5. The first-order valence-electron chi connectivity index (χ1n) is 8.11. The normalized spacial score (nSPS) is 20.7. The van der Waals surface area contributed by atoms with E-state index in [4.69, 9.17) is 5.11 Å². The summed E-state index contributed by atoms with van der Waals surface area (Å²) >= 11 is 0. The van der Waals surface area contributed by atoms with Crippen LogP contribution in [0.3, 0.4) is 0 Å². The molecule has 1 fully saturated rings. The second-order valence-electron chi connectivity index (χ2n) is 6.45. The molecule has 0 spiro atoms. The molecule has 1 aromatic carbocycles. The van der Waals surface area contributed by atoms with E-state index in [-0.39, 0.29) is 17.7 Å². The summed E-state index contributed by atoms with van der Waals surface area (Å²) < 4.78 is 0. The van der Waals surface area contributed by atoms with Crippen LogP contribution in [-0.2, 0) is 16.0 Å². The first-order valence-corrected chi connectivity index (χ1v) is 8.11. The van der Waals surface area contributed by atoms with Gasteiger partial charge in [0.15, 0.2) is 0 Å². The Morgan fingerprint density at radius 3 is 2.83 bits per heavy atom. The molecule has 1 aliphatic rings. The number of aliphatic carboxylic acids is 1. The van der Waals surface area contributed by atoms with Crippen LogP contribution < -0.4 is 5.32 Å². The van der Waals surface area contributed by atoms with Gasteiger partial charge in [-0.25, -0.2) is 0 Å². The van der Waals surface area contributed by atoms with Crippen molar-refractivity contribution in [2.75, 3.05) is 6.54 Å². The Hall–Kier alpha value is -2.30. The minimum absolute atomic E-state index is 0.00978. The molecule has 0 aliphatic heterocycles. The van der Waals surface area contributed by atoms with Crippen LogP contribution in [0.25, 0.3) is 10.9 Å². The number of fused-ring (bicyclic) bond motifs is 1. The summed E-state index contributed by atoms with van der Waals surface area (Å²) in [6.07, 6.45) is 4.51. The SMILES string of the molecule is Cc1ccc2c(CCNC(=O)[C@@H]3CC[C@H](C(=O)O)C3)c[nH]c2c1. The van der Waals surface area contributed by atoms with Crippen molar-refractivity contribution in [3.8, 4) is 0 Å². The topological polar surface area (TPSA) is 82.2 Å². The number of carboxylic acid groups (broad SMARTS) is 1. The molecule has 1 heterocycles. The van der Waals surface area contributed by atoms with E-state index < -0.39 is 5.97 Å². The van der Waals surface area contributed by atoms with Crippen LogP contribution in [-0.4, -0.2) is 28.5 Å². The van der Waals surface area contributed by atoms with Gasteiger partial charge >= 0.3 is 5.97 Å². The first-order chi connectivity index (χ1) is 11.0. The van der Waals surface area contributed by atoms with Crippen LogP contribution in [0.4, 0.5) is 0 Å². The van der Waals surface area contributed by atoms with Crippen molar-refractivity contribution in [3.05, 3.63) is 35.5 Å². The molecule has 5 nitrogen and oxygen atoms in total. The number of carbonyl (C=O) groups is 2. The van der Waals surface area contributed by atoms with Crippen LogP contribution in [0.2, 0.25) is 0 Å². The fourth-order valence-corrected chi connectivity index (χ4v) is 3.42. The summed E-state index contributed by atoms with van der Waals surface area (Å²) in [6, 6.07) is 6.30. The second kappa shape index (κ2) is 6.44. The Balaban J connectivity index is 1.53. The first kappa shape index (κ1) is 15.6. The third-order valence-corrected chi connectivity index (χ3v) is 4.77. The van der Waals surface area contributed by atoms with Gasteiger partial charge in [-0.3, -0.25) is 9.59 Å². The highest BCUT2D eigenvalue weighted by molar-refractivity contribution is 5.84. The predicted octanol–water partition coefficient (Wildman–Crippen LogP) is 2.64. The summed E-state index contributed by atoms with van der Waals surface area (Å²) in [5.74, 6) is -1.30. The van der Waals surface area contributed by atoms with Crippen molar-refractivity contribution in [3.63, 3.8) is 0 Å². The van der Waals surface area contributed by atoms with Crippen LogP contribution >= 0.6 is 0 Å². The summed E-state index contributed by atoms with van der Waals surface area (Å²) in [5, 5.41) is 13.1. The number of carbonyl (C=O) groups excluding carboxylic acids is 1. The molecule has 3 N–H and O–H groups in total. The van der Waals surface area contributed by atoms with Crippen molar-refractivity contribution in [1.82, 2.24) is 10.3 Å². The van der Waals surface area contributed by atoms with Gasteiger partial charge in [0.25, 0.3) is 0 Å². The number of amides is 1. The zero-order valence-electron chi connectivity index (χ0n) is 13.3. The Kier molecular flexibility index (Phi) is 4.37. The van der Waals surface area contributed by atoms with Crippen LogP contribution in [0.5, 0.6) is 0 Å². The van der Waals surface area contributed by atoms with E-state index in [0.29, 0.717) is 25.8 Å². The average molecular weight is 314 g/mol. The van der Waals surface area contributed by atoms with Crippen molar-refractivity contribution in [2.24, 2.45) is 11.8 Å². The van der Waals surface area contributed by atoms with Gasteiger partial charge in [0, 0.05) is 29.6 Å². The highest BCUT2D eigenvalue weighted by atomic mass is 16.4. The average Bonchev–Trinajstić information content (AvgIpc) is 3.14. The highest BCUT2D eigenvalue weighted by Crippen LogP contribution is 2.31. The number of aromatic amines is 1. The lowest BCUT2D eigenvalue weighted by Crippen LogP contribution is -2.31. The molecule has 1 aromatic heterocycles. The van der Waals surface area contributed by atoms with E-state index in [1.54, 1.807) is 0 Å². The van der Waals surface area contributed by atoms with Gasteiger partial charge in [0.05, 0.1) is 5.92 Å². The van der Waals surface area contributed by atoms with Crippen molar-refractivity contribution >= 4 is 22.8 Å². The van der Waals surface area contributed by atoms with Gasteiger partial charge in [-0.1, -0.05) is 12.1 Å². The molecular formula is C18H22N2O3. The molecule has 2 atom stereocenters. The lowest BCUT2D eigenvalue weighted by molar-refractivity contribution is -0.141. The quantitative estimate of drug-likeness (QED) is 0.793. The summed E-state index contributed by atoms with van der Waals surface area (Å²) in [7, 11) is 0. The van der Waals surface area contributed by atoms with Gasteiger partial charge in [0.2, 0.25) is 5.91 Å². The molecule has 5 heteroatoms. The molecular weight excluding hydrogens is 292 g/mol. The van der Waals surface area contributed by atoms with E-state index in [1.165, 1.54) is 16.5 Å². The standard InChI is InChI=1S/C18H22N2O3/c1-11-2-5-15-14(10-20-16(15)8-11)6-7-19-17(21)12-3-4-13(9-12)18(22)23/h2,5,8,10,12-13,20H,3-4,6-7,9H2,1H3,(H,19,21)(H,22,23)/t12-,13+/m1/s1. The largest absolute Gasteiger partial charge is 0.481 e. The Labute approximate surface area is 135 Å². The van der Waals surface area contributed by atoms with Gasteiger partial charge in [-0.15, -0.1) is 0 Å². The van der Waals surface area contributed by atoms with Crippen LogP contribution in [0.15, 0.2) is 24.4 Å². The lowest BCUT2D eigenvalue weighted by Gasteiger charge is -2.10. The summed E-state index contributed by atoms with van der Waals surface area (Å²) in [4.78, 5) is 26.4. The zero-order chi connectivity index (χ0) is 16.4. The number of H-pyrrole nitrogens is 1. The fourth-order valence-electron chi connectivity index (χ4n) is 3.42. The predicted molar refractivity (Wildman–Crippen MR) is 88.2 cm³/mol. The molecule has 23 heavy (non-hydrogen) atoms. The Bertz CT molecular complexity index is 735. The smallest absolute Gasteiger partial charge is 0.306 e. The molecule has 0 radical (unpaired) electrons. The van der Waals surface area contributed by atoms with Gasteiger partial charge in [-0.2, -0.15) is 0 Å². The fraction of sp³-hybridized carbons (Fsp3) is 0.444. The molecule has 1 amide bonds. The van der Waals surface area contributed by atoms with Crippen LogP contribution in [0.1, 0.15) is 30.4 Å². The van der Waals surface area contributed by atoms with Crippen molar-refractivity contribution in [2.45, 2.75) is 32.6 Å². The maximum atomic E-state index is 12.1. The molecule has 1 saturated carbocycles. The van der Waals surface area contributed by atoms with Crippen molar-refractivity contribution in [1.29, 1.82) is 0 Å². The molecule has 0 unspecified atom stereocenters. The third-order valence-electron chi connectivity index (χ3n) is 4.77. The lowest BCUT2D eigenvalue weighted by atomic mass is 10.0. The Morgan fingerprint density at radius 1 is 1.30 bits per heavy atom. The van der Waals surface area contributed by atoms with Crippen molar-refractivity contribution < 1.29 is 14.7 Å². The second-order valence-corrected chi connectivity index (χ2v) is 6.45. The number of hydrogen-bond acceptors (Lipinski definition) is 2. The number of aryl methyl sites for hydroxylation is 1. The van der Waals surface area contributed by atoms with E-state index >= 15 is 0 Å². The van der Waals surface area contributed by atoms with E-state index in [1.807, 2.05) is 6.20 Å². The molecule has 0 bridgehead atoms. The van der Waals surface area contributed by atoms with Gasteiger partial charge in [-0.05, 0) is 49.8 Å². The maximum Gasteiger partial charge on any atom is 0.306 e. The minimum Gasteiger partial charge on any atom is -0.481 e. The number of carboxylic acids is 1. The number of hydrogen-bond donors (Lipinski definition) is 3. The van der Waals surface area contributed by atoms with Gasteiger partial charge < -0.3 is 15.4 Å². The summed E-state index contributed by atoms with van der Waals surface area (Å²) in [6.45, 7) is 2.64. The number of benzene rings is 1. The molecule has 2 aromatic rings. The minimum atomic E-state index is -0.783. The Morgan fingerprint density at radius 2 is 2.09 bits per heavy atom. The molecule has 3 rings (SSSR count). The molecule has 0 saturated heterocycles. The third kappa shape index (κ3) is 3.38. The number of aromatic nitrogens is 1. The van der Waals surface area contributed by atoms with E-state index in [2.05, 4.69) is 35.4 Å². The number of nitrogens with one attached hydrogen (secondary N) is 2. The molecule has 122 valence electrons. The van der Waals surface area contributed by atoms with Gasteiger partial charge in [0.1, 0.15) is 0 Å². The zero-order valence-corrected chi connectivity index (χ0v) is 13.3. The summed E-state index contributed by atoms with van der Waals surface area (Å²) in [5.41, 5.74) is 3.52. The maximum absolute atomic E-state index is 12.1. The highest BCUT2D eigenvalue weighted by Gasteiger charge is 2.33. The van der Waals surface area contributed by atoms with E-state index in [0.717, 1.165) is 11.9 Å². The van der Waals surface area contributed by atoms with E-state index in [9.17, 15) is 9.59 Å².